The molecule has 47 heavy (non-hydrogen) atoms. The van der Waals surface area contributed by atoms with Gasteiger partial charge in [-0.25, -0.2) is 9.79 Å². The van der Waals surface area contributed by atoms with Gasteiger partial charge < -0.3 is 39.3 Å². The number of aliphatic hydroxyl groups is 1. The molecule has 2 N–H and O–H groups in total. The zero-order chi connectivity index (χ0) is 33.6. The summed E-state index contributed by atoms with van der Waals surface area (Å²) in [6.07, 6.45) is -3.96. The molecule has 2 saturated heterocycles. The fraction of sp³-hybridized carbons (Fsp3) is 0.531. The number of alkyl halides is 3. The number of benzene rings is 2. The van der Waals surface area contributed by atoms with Crippen LogP contribution in [-0.4, -0.2) is 103 Å². The summed E-state index contributed by atoms with van der Waals surface area (Å²) >= 11 is 0. The van der Waals surface area contributed by atoms with E-state index >= 15 is 0 Å². The third-order valence-corrected chi connectivity index (χ3v) is 8.67. The number of morpholine rings is 1. The van der Waals surface area contributed by atoms with Crippen LogP contribution in [0.1, 0.15) is 45.4 Å². The second-order valence-corrected chi connectivity index (χ2v) is 13.0. The molecule has 0 spiro atoms. The van der Waals surface area contributed by atoms with Gasteiger partial charge in [0.2, 0.25) is 5.91 Å². The van der Waals surface area contributed by atoms with Crippen LogP contribution in [0.2, 0.25) is 0 Å². The number of rotatable bonds is 6. The first-order chi connectivity index (χ1) is 22.2. The van der Waals surface area contributed by atoms with Gasteiger partial charge in [-0.05, 0) is 63.9 Å². The number of halogens is 3. The minimum absolute atomic E-state index is 0.170. The first-order valence-corrected chi connectivity index (χ1v) is 15.6. The van der Waals surface area contributed by atoms with Gasteiger partial charge in [0.25, 0.3) is 0 Å². The number of amides is 2. The van der Waals surface area contributed by atoms with E-state index in [4.69, 9.17) is 9.47 Å². The lowest BCUT2D eigenvalue weighted by atomic mass is 10.1. The van der Waals surface area contributed by atoms with Gasteiger partial charge in [0.05, 0.1) is 30.9 Å². The maximum atomic E-state index is 13.4. The van der Waals surface area contributed by atoms with E-state index in [9.17, 15) is 27.9 Å². The van der Waals surface area contributed by atoms with Crippen LogP contribution in [0.5, 0.6) is 5.75 Å². The minimum atomic E-state index is -4.98. The first-order valence-electron chi connectivity index (χ1n) is 15.6. The molecule has 0 aromatic heterocycles. The molecule has 15 heteroatoms. The number of carbonyl (C=O) groups is 2. The Morgan fingerprint density at radius 2 is 1.66 bits per heavy atom. The van der Waals surface area contributed by atoms with Crippen LogP contribution >= 0.6 is 0 Å². The number of aliphatic imine (C=N–C) groups is 1. The second kappa shape index (κ2) is 12.5. The Labute approximate surface area is 270 Å². The lowest BCUT2D eigenvalue weighted by molar-refractivity contribution is -0.274. The predicted molar refractivity (Wildman–Crippen MR) is 168 cm³/mol. The predicted octanol–water partition coefficient (Wildman–Crippen LogP) is 4.62. The molecule has 2 aromatic rings. The van der Waals surface area contributed by atoms with Crippen molar-refractivity contribution in [2.75, 3.05) is 67.6 Å². The van der Waals surface area contributed by atoms with Gasteiger partial charge in [0.15, 0.2) is 12.0 Å². The van der Waals surface area contributed by atoms with Crippen molar-refractivity contribution in [3.8, 4) is 5.75 Å². The molecule has 2 aromatic carbocycles. The van der Waals surface area contributed by atoms with Crippen LogP contribution in [-0.2, 0) is 14.3 Å². The zero-order valence-electron chi connectivity index (χ0n) is 26.5. The van der Waals surface area contributed by atoms with Crippen LogP contribution in [0.25, 0.3) is 0 Å². The van der Waals surface area contributed by atoms with E-state index in [0.717, 1.165) is 11.8 Å². The normalized spacial score (nSPS) is 21.3. The van der Waals surface area contributed by atoms with E-state index in [1.54, 1.807) is 11.0 Å². The van der Waals surface area contributed by atoms with E-state index in [1.165, 1.54) is 23.4 Å². The number of aliphatic hydroxyl groups excluding tert-OH is 1. The number of hydrogen-bond acceptors (Lipinski definition) is 10. The Morgan fingerprint density at radius 3 is 2.30 bits per heavy atom. The SMILES string of the molecule is CC(C)(C)OC(=O)N1CCN(c2ccc3c(c2)N=CN(c2ccc(OC(F)(F)F)c(NC(=O)C4(N5CCOCC5)CC4)c2)C3O)CC1. The average molecular weight is 661 g/mol. The maximum absolute atomic E-state index is 13.4. The van der Waals surface area contributed by atoms with Crippen LogP contribution in [0.4, 0.5) is 40.7 Å². The fourth-order valence-electron chi connectivity index (χ4n) is 6.10. The number of nitrogens with zero attached hydrogens (tertiary/aromatic N) is 5. The van der Waals surface area contributed by atoms with Crippen molar-refractivity contribution in [3.05, 3.63) is 42.0 Å². The Hall–Kier alpha value is -4.08. The van der Waals surface area contributed by atoms with Gasteiger partial charge in [0.1, 0.15) is 11.1 Å². The van der Waals surface area contributed by atoms with Crippen LogP contribution in [0.15, 0.2) is 41.4 Å². The molecule has 254 valence electrons. The molecular formula is C32H39F3N6O6. The van der Waals surface area contributed by atoms with Crippen molar-refractivity contribution >= 4 is 41.1 Å². The van der Waals surface area contributed by atoms with E-state index in [0.29, 0.717) is 82.3 Å². The Bertz CT molecular complexity index is 1530. The number of hydrogen-bond donors (Lipinski definition) is 2. The molecule has 4 aliphatic rings. The Balaban J connectivity index is 1.18. The highest BCUT2D eigenvalue weighted by molar-refractivity contribution is 6.02. The number of carbonyl (C=O) groups excluding carboxylic acids is 2. The van der Waals surface area contributed by atoms with Gasteiger partial charge in [0, 0.05) is 56.2 Å². The molecule has 3 aliphatic heterocycles. The lowest BCUT2D eigenvalue weighted by Crippen LogP contribution is -2.51. The van der Waals surface area contributed by atoms with E-state index in [2.05, 4.69) is 19.9 Å². The molecule has 6 rings (SSSR count). The number of piperazine rings is 1. The second-order valence-electron chi connectivity index (χ2n) is 13.0. The topological polar surface area (TPSA) is 119 Å². The highest BCUT2D eigenvalue weighted by atomic mass is 19.4. The summed E-state index contributed by atoms with van der Waals surface area (Å²) in [7, 11) is 0. The summed E-state index contributed by atoms with van der Waals surface area (Å²) in [4.78, 5) is 37.6. The van der Waals surface area contributed by atoms with Crippen LogP contribution in [0.3, 0.4) is 0 Å². The summed E-state index contributed by atoms with van der Waals surface area (Å²) in [6, 6.07) is 9.28. The highest BCUT2D eigenvalue weighted by Crippen LogP contribution is 2.45. The fourth-order valence-corrected chi connectivity index (χ4v) is 6.10. The number of anilines is 3. The van der Waals surface area contributed by atoms with Crippen molar-refractivity contribution in [3.63, 3.8) is 0 Å². The van der Waals surface area contributed by atoms with E-state index in [1.807, 2.05) is 37.8 Å². The highest BCUT2D eigenvalue weighted by Gasteiger charge is 2.55. The molecule has 1 atom stereocenters. The first kappa shape index (κ1) is 32.8. The molecule has 1 unspecified atom stereocenters. The lowest BCUT2D eigenvalue weighted by Gasteiger charge is -2.37. The Morgan fingerprint density at radius 1 is 0.979 bits per heavy atom. The van der Waals surface area contributed by atoms with Gasteiger partial charge >= 0.3 is 12.5 Å². The number of fused-ring (bicyclic) bond motifs is 1. The molecule has 0 radical (unpaired) electrons. The summed E-state index contributed by atoms with van der Waals surface area (Å²) in [5.74, 6) is -0.978. The van der Waals surface area contributed by atoms with Crippen molar-refractivity contribution in [2.24, 2.45) is 4.99 Å². The molecule has 0 bridgehead atoms. The quantitative estimate of drug-likeness (QED) is 0.458. The maximum Gasteiger partial charge on any atom is 0.573 e. The summed E-state index contributed by atoms with van der Waals surface area (Å²) in [5, 5.41) is 14.0. The average Bonchev–Trinajstić information content (AvgIpc) is 3.84. The van der Waals surface area contributed by atoms with Crippen molar-refractivity contribution in [2.45, 2.75) is 57.3 Å². The van der Waals surface area contributed by atoms with E-state index in [-0.39, 0.29) is 11.8 Å². The minimum Gasteiger partial charge on any atom is -0.444 e. The van der Waals surface area contributed by atoms with Gasteiger partial charge in [-0.15, -0.1) is 13.2 Å². The van der Waals surface area contributed by atoms with Crippen LogP contribution < -0.4 is 19.9 Å². The smallest absolute Gasteiger partial charge is 0.444 e. The van der Waals surface area contributed by atoms with Gasteiger partial charge in [-0.3, -0.25) is 9.69 Å². The standard InChI is InChI=1S/C32H39F3N6O6/c1-30(2,3)47-29(44)39-12-10-38(11-13-39)21-4-6-23-24(18-21)36-20-41(27(23)42)22-5-7-26(46-32(33,34)35)25(19-22)37-28(43)31(8-9-31)40-14-16-45-17-15-40/h4-7,18-20,27,42H,8-17H2,1-3H3,(H,37,43). The largest absolute Gasteiger partial charge is 0.573 e. The third-order valence-electron chi connectivity index (χ3n) is 8.67. The summed E-state index contributed by atoms with van der Waals surface area (Å²) in [5.41, 5.74) is 0.656. The summed E-state index contributed by atoms with van der Waals surface area (Å²) in [6.45, 7) is 9.71. The van der Waals surface area contributed by atoms with Crippen molar-refractivity contribution < 1.29 is 42.1 Å². The van der Waals surface area contributed by atoms with E-state index < -0.39 is 35.4 Å². The molecular weight excluding hydrogens is 621 g/mol. The molecule has 12 nitrogen and oxygen atoms in total. The molecule has 2 amide bonds. The molecule has 1 aliphatic carbocycles. The van der Waals surface area contributed by atoms with Crippen molar-refractivity contribution in [1.29, 1.82) is 0 Å². The zero-order valence-corrected chi connectivity index (χ0v) is 26.5. The Kier molecular flexibility index (Phi) is 8.74. The molecule has 1 saturated carbocycles. The third kappa shape index (κ3) is 7.26. The van der Waals surface area contributed by atoms with Crippen molar-refractivity contribution in [1.82, 2.24) is 9.80 Å². The number of ether oxygens (including phenoxy) is 3. The monoisotopic (exact) mass is 660 g/mol. The van der Waals surface area contributed by atoms with Crippen LogP contribution in [0, 0.1) is 0 Å². The summed E-state index contributed by atoms with van der Waals surface area (Å²) < 4.78 is 55.0. The van der Waals surface area contributed by atoms with Gasteiger partial charge in [-0.2, -0.15) is 0 Å². The molecule has 3 fully saturated rings. The molecule has 3 heterocycles. The van der Waals surface area contributed by atoms with Gasteiger partial charge in [-0.1, -0.05) is 6.07 Å². The number of nitrogens with one attached hydrogen (secondary N) is 1.